The number of para-hydroxylation sites is 1. The topological polar surface area (TPSA) is 50.7 Å². The van der Waals surface area contributed by atoms with Crippen LogP contribution in [0.5, 0.6) is 0 Å². The number of hydrogen-bond acceptors (Lipinski definition) is 3. The highest BCUT2D eigenvalue weighted by atomic mass is 15.3. The lowest BCUT2D eigenvalue weighted by Crippen LogP contribution is -2.34. The third-order valence-corrected chi connectivity index (χ3v) is 2.77. The molecule has 98 valence electrons. The third kappa shape index (κ3) is 3.39. The van der Waals surface area contributed by atoms with E-state index >= 15 is 0 Å². The van der Waals surface area contributed by atoms with Crippen LogP contribution in [-0.4, -0.2) is 21.1 Å². The smallest absolute Gasteiger partial charge is 0.160 e. The average molecular weight is 255 g/mol. The van der Waals surface area contributed by atoms with Gasteiger partial charge in [-0.1, -0.05) is 12.1 Å². The van der Waals surface area contributed by atoms with Gasteiger partial charge in [-0.15, -0.1) is 5.11 Å². The van der Waals surface area contributed by atoms with Crippen LogP contribution in [0, 0.1) is 0 Å². The molecule has 19 heavy (non-hydrogen) atoms. The van der Waals surface area contributed by atoms with Gasteiger partial charge in [0.15, 0.2) is 5.69 Å². The molecule has 0 saturated carbocycles. The number of nitrogen functional groups attached to an aromatic ring is 1. The second kappa shape index (κ2) is 5.20. The summed E-state index contributed by atoms with van der Waals surface area (Å²) in [6.07, 6.45) is 0. The van der Waals surface area contributed by atoms with Gasteiger partial charge < -0.3 is 5.73 Å². The Bertz CT molecular complexity index is 580. The van der Waals surface area contributed by atoms with E-state index in [0.29, 0.717) is 4.48 Å². The Morgan fingerprint density at radius 1 is 0.842 bits per heavy atom. The lowest BCUT2D eigenvalue weighted by atomic mass is 10.2. The Morgan fingerprint density at radius 2 is 1.47 bits per heavy atom. The van der Waals surface area contributed by atoms with E-state index in [9.17, 15) is 0 Å². The van der Waals surface area contributed by atoms with Crippen LogP contribution in [0.4, 0.5) is 22.7 Å². The summed E-state index contributed by atoms with van der Waals surface area (Å²) >= 11 is 0. The van der Waals surface area contributed by atoms with Gasteiger partial charge in [-0.2, -0.15) is 5.11 Å². The molecular weight excluding hydrogens is 236 g/mol. The molecular formula is C15H19N4+. The SMILES string of the molecule is C[N+](C)(C)c1ccccc1/N=N/c1ccc(N)cc1. The fourth-order valence-corrected chi connectivity index (χ4v) is 1.77. The van der Waals surface area contributed by atoms with Gasteiger partial charge >= 0.3 is 0 Å². The highest BCUT2D eigenvalue weighted by Gasteiger charge is 2.16. The molecule has 0 amide bonds. The van der Waals surface area contributed by atoms with E-state index in [2.05, 4.69) is 37.4 Å². The van der Waals surface area contributed by atoms with E-state index in [1.165, 1.54) is 0 Å². The van der Waals surface area contributed by atoms with Gasteiger partial charge in [-0.25, -0.2) is 0 Å². The minimum Gasteiger partial charge on any atom is -0.399 e. The molecule has 0 aromatic heterocycles. The van der Waals surface area contributed by atoms with E-state index in [0.717, 1.165) is 22.7 Å². The molecule has 2 rings (SSSR count). The number of rotatable bonds is 3. The molecule has 0 aliphatic heterocycles. The molecule has 0 radical (unpaired) electrons. The predicted octanol–water partition coefficient (Wildman–Crippen LogP) is 3.88. The van der Waals surface area contributed by atoms with Gasteiger partial charge in [-0.3, -0.25) is 4.48 Å². The van der Waals surface area contributed by atoms with Crippen LogP contribution in [0.15, 0.2) is 58.8 Å². The quantitative estimate of drug-likeness (QED) is 0.505. The molecule has 2 N–H and O–H groups in total. The van der Waals surface area contributed by atoms with Crippen molar-refractivity contribution < 1.29 is 0 Å². The minimum absolute atomic E-state index is 0.705. The molecule has 0 bridgehead atoms. The van der Waals surface area contributed by atoms with E-state index in [1.807, 2.05) is 42.5 Å². The zero-order chi connectivity index (χ0) is 13.9. The number of anilines is 1. The standard InChI is InChI=1S/C15H19N4/c1-19(2,3)15-7-5-4-6-14(15)18-17-13-10-8-12(16)9-11-13/h4-11H,16H2,1-3H3/q+1/b18-17+. The Hall–Kier alpha value is -2.20. The third-order valence-electron chi connectivity index (χ3n) is 2.77. The first-order chi connectivity index (χ1) is 8.97. The highest BCUT2D eigenvalue weighted by Crippen LogP contribution is 2.31. The van der Waals surface area contributed by atoms with Crippen molar-refractivity contribution in [2.45, 2.75) is 0 Å². The van der Waals surface area contributed by atoms with Gasteiger partial charge in [0.05, 0.1) is 26.8 Å². The maximum atomic E-state index is 5.64. The monoisotopic (exact) mass is 255 g/mol. The van der Waals surface area contributed by atoms with Crippen molar-refractivity contribution in [2.24, 2.45) is 10.2 Å². The van der Waals surface area contributed by atoms with Gasteiger partial charge in [0.1, 0.15) is 5.69 Å². The van der Waals surface area contributed by atoms with E-state index < -0.39 is 0 Å². The number of benzene rings is 2. The van der Waals surface area contributed by atoms with Crippen LogP contribution in [0.2, 0.25) is 0 Å². The second-order valence-corrected chi connectivity index (χ2v) is 5.29. The first-order valence-corrected chi connectivity index (χ1v) is 6.15. The van der Waals surface area contributed by atoms with Crippen LogP contribution in [0.1, 0.15) is 0 Å². The molecule has 2 aromatic rings. The Kier molecular flexibility index (Phi) is 3.62. The van der Waals surface area contributed by atoms with Gasteiger partial charge in [0, 0.05) is 11.8 Å². The number of hydrogen-bond donors (Lipinski definition) is 1. The molecule has 0 unspecified atom stereocenters. The summed E-state index contributed by atoms with van der Waals surface area (Å²) in [5.74, 6) is 0. The van der Waals surface area contributed by atoms with Crippen LogP contribution in [-0.2, 0) is 0 Å². The van der Waals surface area contributed by atoms with Crippen LogP contribution < -0.4 is 10.2 Å². The van der Waals surface area contributed by atoms with Crippen molar-refractivity contribution in [2.75, 3.05) is 26.9 Å². The highest BCUT2D eigenvalue weighted by molar-refractivity contribution is 5.63. The molecule has 0 aliphatic rings. The van der Waals surface area contributed by atoms with Crippen LogP contribution in [0.25, 0.3) is 0 Å². The second-order valence-electron chi connectivity index (χ2n) is 5.29. The van der Waals surface area contributed by atoms with Gasteiger partial charge in [0.25, 0.3) is 0 Å². The molecule has 4 nitrogen and oxygen atoms in total. The fraction of sp³-hybridized carbons (Fsp3) is 0.200. The van der Waals surface area contributed by atoms with Crippen molar-refractivity contribution >= 4 is 22.7 Å². The largest absolute Gasteiger partial charge is 0.399 e. The number of nitrogens with two attached hydrogens (primary N) is 1. The van der Waals surface area contributed by atoms with E-state index in [4.69, 9.17) is 5.73 Å². The van der Waals surface area contributed by atoms with Gasteiger partial charge in [-0.05, 0) is 30.3 Å². The summed E-state index contributed by atoms with van der Waals surface area (Å²) in [4.78, 5) is 0. The number of azo groups is 1. The summed E-state index contributed by atoms with van der Waals surface area (Å²) in [5.41, 5.74) is 9.17. The normalized spacial score (nSPS) is 11.9. The van der Waals surface area contributed by atoms with Crippen molar-refractivity contribution in [3.05, 3.63) is 48.5 Å². The maximum absolute atomic E-state index is 5.64. The average Bonchev–Trinajstić information content (AvgIpc) is 2.37. The molecule has 0 saturated heterocycles. The molecule has 0 spiro atoms. The zero-order valence-electron chi connectivity index (χ0n) is 11.5. The van der Waals surface area contributed by atoms with Crippen LogP contribution in [0.3, 0.4) is 0 Å². The summed E-state index contributed by atoms with van der Waals surface area (Å²) in [5, 5.41) is 8.59. The Morgan fingerprint density at radius 3 is 2.11 bits per heavy atom. The van der Waals surface area contributed by atoms with Crippen molar-refractivity contribution in [3.8, 4) is 0 Å². The van der Waals surface area contributed by atoms with Crippen molar-refractivity contribution in [1.82, 2.24) is 4.48 Å². The summed E-state index contributed by atoms with van der Waals surface area (Å²) in [6, 6.07) is 15.4. The molecule has 0 atom stereocenters. The van der Waals surface area contributed by atoms with Crippen LogP contribution >= 0.6 is 0 Å². The maximum Gasteiger partial charge on any atom is 0.160 e. The van der Waals surface area contributed by atoms with Crippen molar-refractivity contribution in [1.29, 1.82) is 0 Å². The number of quaternary nitrogens is 1. The van der Waals surface area contributed by atoms with Crippen molar-refractivity contribution in [3.63, 3.8) is 0 Å². The minimum atomic E-state index is 0.705. The Labute approximate surface area is 113 Å². The van der Waals surface area contributed by atoms with E-state index in [1.54, 1.807) is 0 Å². The lowest BCUT2D eigenvalue weighted by Gasteiger charge is -2.24. The Balaban J connectivity index is 2.31. The molecule has 2 aromatic carbocycles. The van der Waals surface area contributed by atoms with Gasteiger partial charge in [0.2, 0.25) is 0 Å². The molecule has 4 heteroatoms. The number of nitrogens with zero attached hydrogens (tertiary/aromatic N) is 3. The summed E-state index contributed by atoms with van der Waals surface area (Å²) in [6.45, 7) is 0. The first-order valence-electron chi connectivity index (χ1n) is 6.15. The fourth-order valence-electron chi connectivity index (χ4n) is 1.77. The predicted molar refractivity (Wildman–Crippen MR) is 81.0 cm³/mol. The summed E-state index contributed by atoms with van der Waals surface area (Å²) in [7, 11) is 6.33. The molecule has 0 fully saturated rings. The van der Waals surface area contributed by atoms with E-state index in [-0.39, 0.29) is 0 Å². The first kappa shape index (κ1) is 13.2. The molecule has 0 aliphatic carbocycles. The zero-order valence-corrected chi connectivity index (χ0v) is 11.5. The summed E-state index contributed by atoms with van der Waals surface area (Å²) < 4.78 is 0.705. The lowest BCUT2D eigenvalue weighted by molar-refractivity contribution is 0.487. The molecule has 0 heterocycles.